The van der Waals surface area contributed by atoms with Crippen LogP contribution in [0.1, 0.15) is 6.92 Å². The number of aliphatic hydroxyl groups is 6. The second-order valence-electron chi connectivity index (χ2n) is 6.89. The number of nitrogens with two attached hydrogens (primary N) is 1. The summed E-state index contributed by atoms with van der Waals surface area (Å²) in [5.74, 6) is -0.121. The minimum atomic E-state index is -2.29. The van der Waals surface area contributed by atoms with Crippen LogP contribution >= 0.6 is 0 Å². The summed E-state index contributed by atoms with van der Waals surface area (Å²) in [4.78, 5) is 16.1. The number of ether oxygens (including phenoxy) is 2. The van der Waals surface area contributed by atoms with Crippen LogP contribution in [-0.4, -0.2) is 95.6 Å². The maximum Gasteiger partial charge on any atom is 0.352 e. The lowest BCUT2D eigenvalue weighted by atomic mass is 9.81. The number of rotatable bonds is 4. The molecule has 8 atom stereocenters. The van der Waals surface area contributed by atoms with Crippen molar-refractivity contribution in [2.24, 2.45) is 0 Å². The third kappa shape index (κ3) is 2.68. The van der Waals surface area contributed by atoms with Gasteiger partial charge < -0.3 is 45.8 Å². The van der Waals surface area contributed by atoms with Gasteiger partial charge in [-0.25, -0.2) is 4.79 Å². The molecule has 1 aromatic heterocycles. The van der Waals surface area contributed by atoms with Crippen molar-refractivity contribution in [1.82, 2.24) is 9.55 Å². The fourth-order valence-electron chi connectivity index (χ4n) is 3.81. The Hall–Kier alpha value is -1.64. The molecule has 0 aromatic carbocycles. The molecule has 0 amide bonds. The van der Waals surface area contributed by atoms with Gasteiger partial charge in [0.15, 0.2) is 0 Å². The molecule has 2 fully saturated rings. The van der Waals surface area contributed by atoms with Crippen molar-refractivity contribution < 1.29 is 40.1 Å². The summed E-state index contributed by atoms with van der Waals surface area (Å²) in [7, 11) is 0. The van der Waals surface area contributed by atoms with Crippen LogP contribution in [0.3, 0.4) is 0 Å². The number of hydrogen-bond acceptors (Lipinski definition) is 11. The number of anilines is 1. The van der Waals surface area contributed by atoms with Crippen molar-refractivity contribution in [3.8, 4) is 0 Å². The van der Waals surface area contributed by atoms with Crippen LogP contribution in [0.15, 0.2) is 17.1 Å². The minimum Gasteiger partial charge on any atom is -0.394 e. The van der Waals surface area contributed by atoms with E-state index in [1.165, 1.54) is 6.07 Å². The van der Waals surface area contributed by atoms with E-state index in [0.717, 1.165) is 17.7 Å². The maximum absolute atomic E-state index is 12.5. The van der Waals surface area contributed by atoms with Gasteiger partial charge in [0.25, 0.3) is 0 Å². The van der Waals surface area contributed by atoms with E-state index in [2.05, 4.69) is 4.98 Å². The molecule has 2 aliphatic rings. The monoisotopic (exact) mass is 389 g/mol. The van der Waals surface area contributed by atoms with E-state index in [9.17, 15) is 35.4 Å². The molecule has 12 nitrogen and oxygen atoms in total. The van der Waals surface area contributed by atoms with Gasteiger partial charge in [-0.3, -0.25) is 4.57 Å². The summed E-state index contributed by atoms with van der Waals surface area (Å²) in [6.07, 6.45) is -8.00. The molecule has 1 unspecified atom stereocenters. The van der Waals surface area contributed by atoms with Crippen molar-refractivity contribution >= 4 is 5.82 Å². The molecule has 3 heterocycles. The number of aromatic nitrogens is 2. The molecule has 0 aliphatic carbocycles. The molecule has 0 spiro atoms. The Balaban J connectivity index is 2.24. The summed E-state index contributed by atoms with van der Waals surface area (Å²) in [5, 5.41) is 61.0. The van der Waals surface area contributed by atoms with Crippen molar-refractivity contribution in [1.29, 1.82) is 0 Å². The Morgan fingerprint density at radius 3 is 2.33 bits per heavy atom. The lowest BCUT2D eigenvalue weighted by Crippen LogP contribution is -2.66. The van der Waals surface area contributed by atoms with E-state index < -0.39 is 66.9 Å². The molecule has 0 saturated carbocycles. The first-order valence-corrected chi connectivity index (χ1v) is 8.29. The summed E-state index contributed by atoms with van der Waals surface area (Å²) >= 11 is 0. The van der Waals surface area contributed by atoms with E-state index in [4.69, 9.17) is 15.2 Å². The summed E-state index contributed by atoms with van der Waals surface area (Å²) in [6, 6.07) is 1.22. The standard InChI is InChI=1S/C15H23N3O9/c1-14(25)11(23)7(5-20)27-15(14,18-3-2-8(16)17-13(18)24)12-10(22)9(21)6(4-19)26-12/h2-3,6-7,9-12,19-23,25H,4-5H2,1H3,(H2,16,17,24)/t6-,7-,9-,10-,11-,12?,14-,15-/m1/s1. The average Bonchev–Trinajstić information content (AvgIpc) is 3.01. The number of nitrogen functional groups attached to an aromatic ring is 1. The second kappa shape index (κ2) is 6.76. The Bertz CT molecular complexity index is 756. The van der Waals surface area contributed by atoms with Gasteiger partial charge >= 0.3 is 5.69 Å². The van der Waals surface area contributed by atoms with E-state index in [0.29, 0.717) is 0 Å². The van der Waals surface area contributed by atoms with Crippen LogP contribution in [-0.2, 0) is 15.2 Å². The maximum atomic E-state index is 12.5. The molecule has 2 saturated heterocycles. The van der Waals surface area contributed by atoms with Gasteiger partial charge in [-0.05, 0) is 13.0 Å². The van der Waals surface area contributed by atoms with Crippen LogP contribution in [0.5, 0.6) is 0 Å². The highest BCUT2D eigenvalue weighted by Gasteiger charge is 2.71. The molecule has 1 aromatic rings. The van der Waals surface area contributed by atoms with Gasteiger partial charge in [0, 0.05) is 6.20 Å². The molecule has 12 heteroatoms. The minimum absolute atomic E-state index is 0.121. The predicted octanol–water partition coefficient (Wildman–Crippen LogP) is -4.54. The molecular weight excluding hydrogens is 366 g/mol. The SMILES string of the molecule is C[C@@]1(O)[C@H](O)[C@@H](CO)O[C@@]1(C1O[C@H](CO)[C@@H](O)[C@H]1O)n1ccc(N)nc1=O. The van der Waals surface area contributed by atoms with Crippen LogP contribution in [0.2, 0.25) is 0 Å². The highest BCUT2D eigenvalue weighted by molar-refractivity contribution is 5.25. The number of aliphatic hydroxyl groups excluding tert-OH is 5. The Morgan fingerprint density at radius 2 is 1.85 bits per heavy atom. The molecule has 27 heavy (non-hydrogen) atoms. The van der Waals surface area contributed by atoms with Gasteiger partial charge in [-0.2, -0.15) is 4.98 Å². The largest absolute Gasteiger partial charge is 0.394 e. The van der Waals surface area contributed by atoms with Crippen LogP contribution in [0.25, 0.3) is 0 Å². The predicted molar refractivity (Wildman–Crippen MR) is 87.2 cm³/mol. The van der Waals surface area contributed by atoms with Crippen LogP contribution in [0, 0.1) is 0 Å². The Labute approximate surface area is 153 Å². The zero-order valence-electron chi connectivity index (χ0n) is 14.4. The molecule has 152 valence electrons. The third-order valence-electron chi connectivity index (χ3n) is 5.28. The van der Waals surface area contributed by atoms with Crippen molar-refractivity contribution in [3.05, 3.63) is 22.7 Å². The van der Waals surface area contributed by atoms with E-state index in [1.54, 1.807) is 0 Å². The second-order valence-corrected chi connectivity index (χ2v) is 6.89. The van der Waals surface area contributed by atoms with Crippen molar-refractivity contribution in [2.75, 3.05) is 18.9 Å². The molecule has 0 radical (unpaired) electrons. The Kier molecular flexibility index (Phi) is 5.03. The van der Waals surface area contributed by atoms with Crippen molar-refractivity contribution in [2.45, 2.75) is 54.9 Å². The molecule has 8 N–H and O–H groups in total. The molecule has 3 rings (SSSR count). The smallest absolute Gasteiger partial charge is 0.352 e. The first-order valence-electron chi connectivity index (χ1n) is 8.29. The fraction of sp³-hybridized carbons (Fsp3) is 0.733. The summed E-state index contributed by atoms with van der Waals surface area (Å²) in [6.45, 7) is -0.246. The van der Waals surface area contributed by atoms with Gasteiger partial charge in [-0.15, -0.1) is 0 Å². The fourth-order valence-corrected chi connectivity index (χ4v) is 3.81. The van der Waals surface area contributed by atoms with E-state index >= 15 is 0 Å². The Morgan fingerprint density at radius 1 is 1.22 bits per heavy atom. The zero-order valence-corrected chi connectivity index (χ0v) is 14.4. The summed E-state index contributed by atoms with van der Waals surface area (Å²) in [5.41, 5.74) is -0.0638. The van der Waals surface area contributed by atoms with E-state index in [1.807, 2.05) is 0 Å². The highest BCUT2D eigenvalue weighted by Crippen LogP contribution is 2.49. The summed E-state index contributed by atoms with van der Waals surface area (Å²) < 4.78 is 12.0. The first-order chi connectivity index (χ1) is 12.6. The number of hydrogen-bond donors (Lipinski definition) is 7. The van der Waals surface area contributed by atoms with Gasteiger partial charge in [-0.1, -0.05) is 0 Å². The molecule has 2 aliphatic heterocycles. The molecule has 0 bridgehead atoms. The highest BCUT2D eigenvalue weighted by atomic mass is 16.6. The lowest BCUT2D eigenvalue weighted by molar-refractivity contribution is -0.262. The third-order valence-corrected chi connectivity index (χ3v) is 5.28. The zero-order chi connectivity index (χ0) is 20.1. The van der Waals surface area contributed by atoms with Crippen molar-refractivity contribution in [3.63, 3.8) is 0 Å². The van der Waals surface area contributed by atoms with Gasteiger partial charge in [0.2, 0.25) is 5.72 Å². The quantitative estimate of drug-likeness (QED) is 0.261. The number of nitrogens with zero attached hydrogens (tertiary/aromatic N) is 2. The van der Waals surface area contributed by atoms with Gasteiger partial charge in [0.05, 0.1) is 13.2 Å². The van der Waals surface area contributed by atoms with Crippen LogP contribution < -0.4 is 11.4 Å². The first kappa shape index (κ1) is 20.1. The average molecular weight is 389 g/mol. The lowest BCUT2D eigenvalue weighted by Gasteiger charge is -2.44. The van der Waals surface area contributed by atoms with E-state index in [-0.39, 0.29) is 5.82 Å². The van der Waals surface area contributed by atoms with Crippen LogP contribution in [0.4, 0.5) is 5.82 Å². The molecular formula is C15H23N3O9. The van der Waals surface area contributed by atoms with Gasteiger partial charge in [0.1, 0.15) is 48.0 Å². The normalized spacial score (nSPS) is 44.7. The topological polar surface area (TPSA) is 201 Å².